The average Bonchev–Trinajstić information content (AvgIpc) is 2.35. The number of rotatable bonds is 7. The zero-order valence-corrected chi connectivity index (χ0v) is 11.1. The molecule has 1 unspecified atom stereocenters. The first kappa shape index (κ1) is 14.5. The molecule has 0 spiro atoms. The van der Waals surface area contributed by atoms with Gasteiger partial charge in [0, 0.05) is 13.7 Å². The summed E-state index contributed by atoms with van der Waals surface area (Å²) in [6, 6.07) is -0.00811. The SMILES string of the molecule is CCOC(=O)C1CCCCN1CCCCOC. The molecule has 1 aliphatic heterocycles. The van der Waals surface area contributed by atoms with Gasteiger partial charge in [0.25, 0.3) is 0 Å². The second kappa shape index (κ2) is 8.48. The van der Waals surface area contributed by atoms with Gasteiger partial charge in [-0.15, -0.1) is 0 Å². The number of likely N-dealkylation sites (tertiary alicyclic amines) is 1. The van der Waals surface area contributed by atoms with E-state index in [9.17, 15) is 4.79 Å². The molecule has 0 radical (unpaired) electrons. The minimum absolute atomic E-state index is 0.00811. The number of carbonyl (C=O) groups excluding carboxylic acids is 1. The predicted octanol–water partition coefficient (Wildman–Crippen LogP) is 1.83. The van der Waals surface area contributed by atoms with Crippen molar-refractivity contribution < 1.29 is 14.3 Å². The first-order valence-corrected chi connectivity index (χ1v) is 6.69. The molecule has 100 valence electrons. The summed E-state index contributed by atoms with van der Waals surface area (Å²) >= 11 is 0. The summed E-state index contributed by atoms with van der Waals surface area (Å²) < 4.78 is 10.2. The van der Waals surface area contributed by atoms with E-state index in [2.05, 4.69) is 4.90 Å². The van der Waals surface area contributed by atoms with Gasteiger partial charge < -0.3 is 9.47 Å². The lowest BCUT2D eigenvalue weighted by Gasteiger charge is -2.33. The highest BCUT2D eigenvalue weighted by Gasteiger charge is 2.29. The highest BCUT2D eigenvalue weighted by atomic mass is 16.5. The molecule has 1 fully saturated rings. The van der Waals surface area contributed by atoms with E-state index in [0.717, 1.165) is 45.4 Å². The van der Waals surface area contributed by atoms with Crippen LogP contribution in [0.3, 0.4) is 0 Å². The van der Waals surface area contributed by atoms with Crippen LogP contribution in [-0.2, 0) is 14.3 Å². The molecule has 0 saturated carbocycles. The third-order valence-electron chi connectivity index (χ3n) is 3.22. The summed E-state index contributed by atoms with van der Waals surface area (Å²) in [6.45, 7) is 5.15. The number of carbonyl (C=O) groups is 1. The Bertz CT molecular complexity index is 221. The minimum atomic E-state index is -0.0426. The summed E-state index contributed by atoms with van der Waals surface area (Å²) in [7, 11) is 1.72. The predicted molar refractivity (Wildman–Crippen MR) is 67.0 cm³/mol. The summed E-state index contributed by atoms with van der Waals surface area (Å²) in [6.07, 6.45) is 5.42. The number of esters is 1. The van der Waals surface area contributed by atoms with Gasteiger partial charge in [0.1, 0.15) is 6.04 Å². The maximum atomic E-state index is 11.8. The van der Waals surface area contributed by atoms with E-state index in [4.69, 9.17) is 9.47 Å². The van der Waals surface area contributed by atoms with Crippen LogP contribution in [0, 0.1) is 0 Å². The van der Waals surface area contributed by atoms with Gasteiger partial charge in [-0.1, -0.05) is 6.42 Å². The third-order valence-corrected chi connectivity index (χ3v) is 3.22. The molecular weight excluding hydrogens is 218 g/mol. The van der Waals surface area contributed by atoms with Crippen molar-refractivity contribution in [3.8, 4) is 0 Å². The Labute approximate surface area is 104 Å². The van der Waals surface area contributed by atoms with Gasteiger partial charge >= 0.3 is 5.97 Å². The van der Waals surface area contributed by atoms with Crippen molar-refractivity contribution in [3.63, 3.8) is 0 Å². The van der Waals surface area contributed by atoms with Crippen molar-refractivity contribution in [2.45, 2.75) is 45.1 Å². The smallest absolute Gasteiger partial charge is 0.323 e. The van der Waals surface area contributed by atoms with E-state index in [1.165, 1.54) is 6.42 Å². The quantitative estimate of drug-likeness (QED) is 0.505. The van der Waals surface area contributed by atoms with Crippen LogP contribution in [0.2, 0.25) is 0 Å². The number of hydrogen-bond donors (Lipinski definition) is 0. The fourth-order valence-corrected chi connectivity index (χ4v) is 2.33. The molecule has 0 aliphatic carbocycles. The Morgan fingerprint density at radius 3 is 2.88 bits per heavy atom. The lowest BCUT2D eigenvalue weighted by molar-refractivity contribution is -0.150. The summed E-state index contributed by atoms with van der Waals surface area (Å²) in [4.78, 5) is 14.1. The van der Waals surface area contributed by atoms with Crippen molar-refractivity contribution in [2.24, 2.45) is 0 Å². The molecule has 0 amide bonds. The molecule has 0 N–H and O–H groups in total. The van der Waals surface area contributed by atoms with Crippen LogP contribution < -0.4 is 0 Å². The summed E-state index contributed by atoms with van der Waals surface area (Å²) in [5.74, 6) is -0.0426. The Morgan fingerprint density at radius 1 is 1.35 bits per heavy atom. The Kier molecular flexibility index (Phi) is 7.21. The zero-order valence-electron chi connectivity index (χ0n) is 11.1. The van der Waals surface area contributed by atoms with Crippen molar-refractivity contribution in [1.82, 2.24) is 4.90 Å². The van der Waals surface area contributed by atoms with Gasteiger partial charge in [-0.2, -0.15) is 0 Å². The molecule has 0 aromatic carbocycles. The fourth-order valence-electron chi connectivity index (χ4n) is 2.33. The van der Waals surface area contributed by atoms with E-state index in [1.54, 1.807) is 7.11 Å². The minimum Gasteiger partial charge on any atom is -0.465 e. The van der Waals surface area contributed by atoms with Crippen LogP contribution in [0.4, 0.5) is 0 Å². The zero-order chi connectivity index (χ0) is 12.5. The van der Waals surface area contributed by atoms with Crippen molar-refractivity contribution >= 4 is 5.97 Å². The average molecular weight is 243 g/mol. The molecule has 4 nitrogen and oxygen atoms in total. The molecular formula is C13H25NO3. The number of nitrogens with zero attached hydrogens (tertiary/aromatic N) is 1. The van der Waals surface area contributed by atoms with E-state index < -0.39 is 0 Å². The maximum Gasteiger partial charge on any atom is 0.323 e. The molecule has 1 saturated heterocycles. The molecule has 0 aromatic rings. The number of unbranched alkanes of at least 4 members (excludes halogenated alkanes) is 1. The highest BCUT2D eigenvalue weighted by Crippen LogP contribution is 2.18. The van der Waals surface area contributed by atoms with Gasteiger partial charge in [-0.3, -0.25) is 9.69 Å². The number of piperidine rings is 1. The van der Waals surface area contributed by atoms with Crippen molar-refractivity contribution in [1.29, 1.82) is 0 Å². The first-order valence-electron chi connectivity index (χ1n) is 6.69. The van der Waals surface area contributed by atoms with E-state index >= 15 is 0 Å². The standard InChI is InChI=1S/C13H25NO3/c1-3-17-13(15)12-8-4-5-9-14(12)10-6-7-11-16-2/h12H,3-11H2,1-2H3. The van der Waals surface area contributed by atoms with Gasteiger partial charge in [0.05, 0.1) is 6.61 Å². The Hall–Kier alpha value is -0.610. The molecule has 1 aliphatic rings. The molecule has 1 rings (SSSR count). The van der Waals surface area contributed by atoms with Crippen LogP contribution in [0.5, 0.6) is 0 Å². The maximum absolute atomic E-state index is 11.8. The Morgan fingerprint density at radius 2 is 2.18 bits per heavy atom. The molecule has 0 bridgehead atoms. The normalized spacial score (nSPS) is 21.4. The van der Waals surface area contributed by atoms with Crippen molar-refractivity contribution in [2.75, 3.05) is 33.4 Å². The lowest BCUT2D eigenvalue weighted by Crippen LogP contribution is -2.45. The van der Waals surface area contributed by atoms with Crippen LogP contribution in [0.15, 0.2) is 0 Å². The highest BCUT2D eigenvalue weighted by molar-refractivity contribution is 5.75. The molecule has 4 heteroatoms. The second-order valence-corrected chi connectivity index (χ2v) is 4.50. The monoisotopic (exact) mass is 243 g/mol. The molecule has 17 heavy (non-hydrogen) atoms. The lowest BCUT2D eigenvalue weighted by atomic mass is 10.0. The first-order chi connectivity index (χ1) is 8.29. The van der Waals surface area contributed by atoms with Gasteiger partial charge in [0.15, 0.2) is 0 Å². The van der Waals surface area contributed by atoms with Gasteiger partial charge in [-0.05, 0) is 45.7 Å². The van der Waals surface area contributed by atoms with E-state index in [1.807, 2.05) is 6.92 Å². The number of methoxy groups -OCH3 is 1. The Balaban J connectivity index is 2.34. The van der Waals surface area contributed by atoms with Crippen LogP contribution in [0.25, 0.3) is 0 Å². The largest absolute Gasteiger partial charge is 0.465 e. The van der Waals surface area contributed by atoms with E-state index in [-0.39, 0.29) is 12.0 Å². The molecule has 1 atom stereocenters. The summed E-state index contributed by atoms with van der Waals surface area (Å²) in [5, 5.41) is 0. The number of hydrogen-bond acceptors (Lipinski definition) is 4. The third kappa shape index (κ3) is 5.04. The van der Waals surface area contributed by atoms with Crippen LogP contribution in [0.1, 0.15) is 39.0 Å². The van der Waals surface area contributed by atoms with Crippen LogP contribution >= 0.6 is 0 Å². The topological polar surface area (TPSA) is 38.8 Å². The van der Waals surface area contributed by atoms with Crippen LogP contribution in [-0.4, -0.2) is 50.3 Å². The van der Waals surface area contributed by atoms with Gasteiger partial charge in [0.2, 0.25) is 0 Å². The molecule has 0 aromatic heterocycles. The fraction of sp³-hybridized carbons (Fsp3) is 0.923. The van der Waals surface area contributed by atoms with Gasteiger partial charge in [-0.25, -0.2) is 0 Å². The number of ether oxygens (including phenoxy) is 2. The summed E-state index contributed by atoms with van der Waals surface area (Å²) in [5.41, 5.74) is 0. The van der Waals surface area contributed by atoms with Crippen molar-refractivity contribution in [3.05, 3.63) is 0 Å². The van der Waals surface area contributed by atoms with E-state index in [0.29, 0.717) is 6.61 Å². The molecule has 1 heterocycles. The second-order valence-electron chi connectivity index (χ2n) is 4.50.